The zero-order chi connectivity index (χ0) is 10.7. The van der Waals surface area contributed by atoms with Gasteiger partial charge in [0.1, 0.15) is 5.69 Å². The van der Waals surface area contributed by atoms with Gasteiger partial charge in [-0.2, -0.15) is 8.75 Å². The minimum absolute atomic E-state index is 0.729. The minimum atomic E-state index is 0.729. The van der Waals surface area contributed by atoms with Crippen LogP contribution in [0.25, 0.3) is 11.3 Å². The smallest absolute Gasteiger partial charge is 0.168 e. The van der Waals surface area contributed by atoms with Gasteiger partial charge in [0.15, 0.2) is 5.82 Å². The molecule has 0 radical (unpaired) electrons. The molecule has 2 aromatic rings. The summed E-state index contributed by atoms with van der Waals surface area (Å²) < 4.78 is 8.45. The molecule has 0 atom stereocenters. The fraction of sp³-hybridized carbons (Fsp3) is 0.200. The molecular formula is C10H10ClN3S. The van der Waals surface area contributed by atoms with Crippen molar-refractivity contribution in [2.75, 3.05) is 11.9 Å². The van der Waals surface area contributed by atoms with Gasteiger partial charge in [-0.3, -0.25) is 0 Å². The maximum atomic E-state index is 5.82. The number of rotatable bonds is 3. The number of nitrogens with zero attached hydrogens (tertiary/aromatic N) is 2. The van der Waals surface area contributed by atoms with Gasteiger partial charge in [0.25, 0.3) is 0 Å². The van der Waals surface area contributed by atoms with Crippen LogP contribution >= 0.6 is 23.3 Å². The van der Waals surface area contributed by atoms with E-state index < -0.39 is 0 Å². The van der Waals surface area contributed by atoms with Gasteiger partial charge in [-0.05, 0) is 19.1 Å². The Labute approximate surface area is 97.4 Å². The van der Waals surface area contributed by atoms with Crippen LogP contribution in [0.15, 0.2) is 24.3 Å². The molecule has 1 N–H and O–H groups in total. The van der Waals surface area contributed by atoms with Crippen LogP contribution in [0.5, 0.6) is 0 Å². The lowest BCUT2D eigenvalue weighted by molar-refractivity contribution is 1.19. The maximum Gasteiger partial charge on any atom is 0.168 e. The molecule has 0 aliphatic carbocycles. The van der Waals surface area contributed by atoms with Crippen molar-refractivity contribution in [3.8, 4) is 11.3 Å². The lowest BCUT2D eigenvalue weighted by Crippen LogP contribution is -1.98. The van der Waals surface area contributed by atoms with Gasteiger partial charge in [0, 0.05) is 17.1 Å². The summed E-state index contributed by atoms with van der Waals surface area (Å²) in [6.07, 6.45) is 0. The molecule has 0 saturated heterocycles. The van der Waals surface area contributed by atoms with Crippen molar-refractivity contribution in [2.24, 2.45) is 0 Å². The fourth-order valence-electron chi connectivity index (χ4n) is 1.27. The van der Waals surface area contributed by atoms with Crippen LogP contribution in [0.1, 0.15) is 6.92 Å². The molecule has 0 aliphatic rings. The fourth-order valence-corrected chi connectivity index (χ4v) is 1.94. The summed E-state index contributed by atoms with van der Waals surface area (Å²) >= 11 is 7.03. The third kappa shape index (κ3) is 2.27. The van der Waals surface area contributed by atoms with Crippen molar-refractivity contribution in [1.82, 2.24) is 8.75 Å². The van der Waals surface area contributed by atoms with Crippen LogP contribution in [0, 0.1) is 0 Å². The van der Waals surface area contributed by atoms with Crippen LogP contribution in [0.2, 0.25) is 5.02 Å². The number of nitrogens with one attached hydrogen (secondary N) is 1. The highest BCUT2D eigenvalue weighted by molar-refractivity contribution is 6.99. The van der Waals surface area contributed by atoms with E-state index in [1.807, 2.05) is 31.2 Å². The Morgan fingerprint density at radius 3 is 2.67 bits per heavy atom. The average molecular weight is 240 g/mol. The van der Waals surface area contributed by atoms with E-state index in [0.29, 0.717) is 0 Å². The van der Waals surface area contributed by atoms with Crippen molar-refractivity contribution in [3.63, 3.8) is 0 Å². The van der Waals surface area contributed by atoms with Crippen molar-refractivity contribution >= 4 is 29.1 Å². The quantitative estimate of drug-likeness (QED) is 0.893. The van der Waals surface area contributed by atoms with Gasteiger partial charge in [0.2, 0.25) is 0 Å². The molecule has 0 fully saturated rings. The molecule has 0 amide bonds. The summed E-state index contributed by atoms with van der Waals surface area (Å²) in [6, 6.07) is 7.59. The van der Waals surface area contributed by atoms with Crippen LogP contribution in [0.4, 0.5) is 5.82 Å². The number of hydrogen-bond donors (Lipinski definition) is 1. The highest BCUT2D eigenvalue weighted by atomic mass is 35.5. The van der Waals surface area contributed by atoms with E-state index in [4.69, 9.17) is 11.6 Å². The third-order valence-corrected chi connectivity index (χ3v) is 2.73. The van der Waals surface area contributed by atoms with Crippen LogP contribution < -0.4 is 5.32 Å². The Hall–Kier alpha value is -1.13. The van der Waals surface area contributed by atoms with Gasteiger partial charge < -0.3 is 5.32 Å². The molecule has 0 spiro atoms. The Balaban J connectivity index is 2.36. The summed E-state index contributed by atoms with van der Waals surface area (Å²) in [6.45, 7) is 2.87. The first-order valence-electron chi connectivity index (χ1n) is 4.63. The zero-order valence-corrected chi connectivity index (χ0v) is 9.77. The molecular weight excluding hydrogens is 230 g/mol. The molecule has 0 unspecified atom stereocenters. The van der Waals surface area contributed by atoms with Crippen molar-refractivity contribution in [2.45, 2.75) is 6.92 Å². The molecule has 5 heteroatoms. The van der Waals surface area contributed by atoms with Gasteiger partial charge in [-0.1, -0.05) is 23.7 Å². The molecule has 3 nitrogen and oxygen atoms in total. The summed E-state index contributed by atoms with van der Waals surface area (Å²) in [5.41, 5.74) is 1.92. The Bertz CT molecular complexity index is 438. The lowest BCUT2D eigenvalue weighted by Gasteiger charge is -2.01. The Morgan fingerprint density at radius 2 is 2.00 bits per heavy atom. The zero-order valence-electron chi connectivity index (χ0n) is 8.20. The molecule has 78 valence electrons. The Morgan fingerprint density at radius 1 is 1.27 bits per heavy atom. The molecule has 1 heterocycles. The van der Waals surface area contributed by atoms with Gasteiger partial charge in [0.05, 0.1) is 11.7 Å². The Kier molecular flexibility index (Phi) is 3.18. The summed E-state index contributed by atoms with van der Waals surface area (Å²) in [5, 5.41) is 3.90. The second-order valence-electron chi connectivity index (χ2n) is 3.00. The maximum absolute atomic E-state index is 5.82. The van der Waals surface area contributed by atoms with Crippen LogP contribution in [-0.4, -0.2) is 15.3 Å². The summed E-state index contributed by atoms with van der Waals surface area (Å²) in [5.74, 6) is 0.838. The highest BCUT2D eigenvalue weighted by Gasteiger charge is 2.08. The molecule has 0 aliphatic heterocycles. The molecule has 1 aromatic heterocycles. The van der Waals surface area contributed by atoms with Crippen molar-refractivity contribution in [3.05, 3.63) is 29.3 Å². The van der Waals surface area contributed by atoms with Crippen LogP contribution in [-0.2, 0) is 0 Å². The van der Waals surface area contributed by atoms with Crippen molar-refractivity contribution in [1.29, 1.82) is 0 Å². The first-order valence-corrected chi connectivity index (χ1v) is 5.74. The van der Waals surface area contributed by atoms with E-state index in [-0.39, 0.29) is 0 Å². The predicted octanol–water partition coefficient (Wildman–Crippen LogP) is 3.29. The SMILES string of the molecule is CCNc1nsnc1-c1ccc(Cl)cc1. The number of benzene rings is 1. The van der Waals surface area contributed by atoms with E-state index in [1.54, 1.807) is 0 Å². The van der Waals surface area contributed by atoms with E-state index in [0.717, 1.165) is 28.6 Å². The van der Waals surface area contributed by atoms with Gasteiger partial charge in [-0.25, -0.2) is 0 Å². The molecule has 2 rings (SSSR count). The normalized spacial score (nSPS) is 10.3. The number of anilines is 1. The number of aromatic nitrogens is 2. The largest absolute Gasteiger partial charge is 0.368 e. The predicted molar refractivity (Wildman–Crippen MR) is 64.5 cm³/mol. The minimum Gasteiger partial charge on any atom is -0.368 e. The molecule has 1 aromatic carbocycles. The first-order chi connectivity index (χ1) is 7.31. The molecule has 15 heavy (non-hydrogen) atoms. The standard InChI is InChI=1S/C10H10ClN3S/c1-2-12-10-9(13-15-14-10)7-3-5-8(11)6-4-7/h3-6H,2H2,1H3,(H,12,14). The van der Waals surface area contributed by atoms with E-state index in [2.05, 4.69) is 14.1 Å². The second kappa shape index (κ2) is 4.59. The monoisotopic (exact) mass is 239 g/mol. The third-order valence-electron chi connectivity index (χ3n) is 1.95. The average Bonchev–Trinajstić information content (AvgIpc) is 2.68. The number of hydrogen-bond acceptors (Lipinski definition) is 4. The highest BCUT2D eigenvalue weighted by Crippen LogP contribution is 2.26. The second-order valence-corrected chi connectivity index (χ2v) is 3.96. The topological polar surface area (TPSA) is 37.8 Å². The number of halogens is 1. The van der Waals surface area contributed by atoms with E-state index >= 15 is 0 Å². The first kappa shape index (κ1) is 10.4. The van der Waals surface area contributed by atoms with Crippen molar-refractivity contribution < 1.29 is 0 Å². The van der Waals surface area contributed by atoms with E-state index in [9.17, 15) is 0 Å². The molecule has 0 bridgehead atoms. The van der Waals surface area contributed by atoms with Crippen LogP contribution in [0.3, 0.4) is 0 Å². The van der Waals surface area contributed by atoms with Gasteiger partial charge >= 0.3 is 0 Å². The molecule has 0 saturated carbocycles. The van der Waals surface area contributed by atoms with E-state index in [1.165, 1.54) is 11.7 Å². The summed E-state index contributed by atoms with van der Waals surface area (Å²) in [4.78, 5) is 0. The van der Waals surface area contributed by atoms with Gasteiger partial charge in [-0.15, -0.1) is 0 Å². The summed E-state index contributed by atoms with van der Waals surface area (Å²) in [7, 11) is 0. The lowest BCUT2D eigenvalue weighted by atomic mass is 10.1.